The Morgan fingerprint density at radius 2 is 0.821 bits per heavy atom. The molecule has 0 aliphatic heterocycles. The second-order valence-electron chi connectivity index (χ2n) is 6.93. The van der Waals surface area contributed by atoms with Crippen molar-refractivity contribution in [3.8, 4) is 22.8 Å². The predicted octanol–water partition coefficient (Wildman–Crippen LogP) is 5.52. The summed E-state index contributed by atoms with van der Waals surface area (Å²) in [4.78, 5) is 19.1. The van der Waals surface area contributed by atoms with E-state index in [-0.39, 0.29) is 0 Å². The van der Waals surface area contributed by atoms with Gasteiger partial charge in [-0.25, -0.2) is 9.97 Å². The molecule has 0 radical (unpaired) electrons. The Balaban J connectivity index is 1.75. The van der Waals surface area contributed by atoms with E-state index in [1.165, 1.54) is 0 Å². The van der Waals surface area contributed by atoms with Gasteiger partial charge in [-0.05, 0) is 50.2 Å². The molecule has 5 rings (SSSR count). The molecule has 4 heteroatoms. The molecule has 0 saturated carbocycles. The smallest absolute Gasteiger partial charge is 0.0973 e. The maximum Gasteiger partial charge on any atom is 0.0973 e. The molecule has 4 nitrogen and oxygen atoms in total. The number of aryl methyl sites for hydroxylation is 2. The summed E-state index contributed by atoms with van der Waals surface area (Å²) in [6.07, 6.45) is 0. The molecule has 134 valence electrons. The van der Waals surface area contributed by atoms with E-state index in [0.717, 1.165) is 56.0 Å². The minimum atomic E-state index is 0.851. The first kappa shape index (κ1) is 16.5. The van der Waals surface area contributed by atoms with Gasteiger partial charge in [0.1, 0.15) is 0 Å². The van der Waals surface area contributed by atoms with Gasteiger partial charge in [-0.3, -0.25) is 9.97 Å². The van der Waals surface area contributed by atoms with Gasteiger partial charge in [-0.1, -0.05) is 36.4 Å². The van der Waals surface area contributed by atoms with E-state index in [2.05, 4.69) is 34.2 Å². The Bertz CT molecular complexity index is 1240. The molecule has 0 N–H and O–H groups in total. The van der Waals surface area contributed by atoms with E-state index in [1.54, 1.807) is 0 Å². The van der Waals surface area contributed by atoms with Crippen LogP contribution in [-0.4, -0.2) is 19.9 Å². The number of hydrogen-bond donors (Lipinski definition) is 0. The largest absolute Gasteiger partial charge is 0.251 e. The zero-order valence-corrected chi connectivity index (χ0v) is 15.7. The first-order valence-corrected chi connectivity index (χ1v) is 9.26. The first-order chi connectivity index (χ1) is 13.7. The molecular formula is C24H18N4. The van der Waals surface area contributed by atoms with Gasteiger partial charge < -0.3 is 0 Å². The molecular weight excluding hydrogens is 344 g/mol. The third-order valence-corrected chi connectivity index (χ3v) is 4.82. The molecule has 0 fully saturated rings. The van der Waals surface area contributed by atoms with Crippen molar-refractivity contribution in [1.82, 2.24) is 19.9 Å². The standard InChI is InChI=1S/C24H18N4/c1-15-5-3-7-19(25-15)21-13-11-17-9-10-18-12-14-22(28-24(18)23(17)27-21)20-8-4-6-16(2)26-20/h3-14H,1-2H3. The number of fused-ring (bicyclic) bond motifs is 3. The predicted molar refractivity (Wildman–Crippen MR) is 113 cm³/mol. The fourth-order valence-electron chi connectivity index (χ4n) is 3.42. The average molecular weight is 362 g/mol. The molecule has 4 aromatic heterocycles. The third kappa shape index (κ3) is 2.89. The minimum Gasteiger partial charge on any atom is -0.251 e. The van der Waals surface area contributed by atoms with Gasteiger partial charge in [0.15, 0.2) is 0 Å². The van der Waals surface area contributed by atoms with E-state index in [0.29, 0.717) is 0 Å². The molecule has 0 unspecified atom stereocenters. The molecule has 28 heavy (non-hydrogen) atoms. The number of hydrogen-bond acceptors (Lipinski definition) is 4. The van der Waals surface area contributed by atoms with Crippen LogP contribution in [0.4, 0.5) is 0 Å². The van der Waals surface area contributed by atoms with Crippen LogP contribution in [0.25, 0.3) is 44.6 Å². The molecule has 0 saturated heterocycles. The van der Waals surface area contributed by atoms with Gasteiger partial charge in [0.2, 0.25) is 0 Å². The van der Waals surface area contributed by atoms with Gasteiger partial charge in [0, 0.05) is 22.2 Å². The normalized spacial score (nSPS) is 11.2. The third-order valence-electron chi connectivity index (χ3n) is 4.82. The highest BCUT2D eigenvalue weighted by Crippen LogP contribution is 2.27. The van der Waals surface area contributed by atoms with Crippen LogP contribution in [0.2, 0.25) is 0 Å². The fourth-order valence-corrected chi connectivity index (χ4v) is 3.42. The van der Waals surface area contributed by atoms with E-state index in [9.17, 15) is 0 Å². The van der Waals surface area contributed by atoms with Crippen LogP contribution in [0.3, 0.4) is 0 Å². The van der Waals surface area contributed by atoms with Gasteiger partial charge >= 0.3 is 0 Å². The maximum atomic E-state index is 4.92. The zero-order valence-electron chi connectivity index (χ0n) is 15.7. The lowest BCUT2D eigenvalue weighted by Gasteiger charge is -2.08. The van der Waals surface area contributed by atoms with Crippen LogP contribution in [0, 0.1) is 13.8 Å². The molecule has 0 aliphatic carbocycles. The van der Waals surface area contributed by atoms with Gasteiger partial charge in [-0.2, -0.15) is 0 Å². The van der Waals surface area contributed by atoms with Crippen LogP contribution in [0.5, 0.6) is 0 Å². The topological polar surface area (TPSA) is 51.6 Å². The summed E-state index contributed by atoms with van der Waals surface area (Å²) in [5, 5.41) is 2.12. The van der Waals surface area contributed by atoms with Crippen LogP contribution < -0.4 is 0 Å². The summed E-state index contributed by atoms with van der Waals surface area (Å²) in [6.45, 7) is 3.98. The first-order valence-electron chi connectivity index (χ1n) is 9.26. The van der Waals surface area contributed by atoms with Crippen LogP contribution in [0.15, 0.2) is 72.8 Å². The highest BCUT2D eigenvalue weighted by molar-refractivity contribution is 6.04. The van der Waals surface area contributed by atoms with E-state index >= 15 is 0 Å². The number of benzene rings is 1. The number of nitrogens with zero attached hydrogens (tertiary/aromatic N) is 4. The van der Waals surface area contributed by atoms with Crippen molar-refractivity contribution in [3.05, 3.63) is 84.2 Å². The lowest BCUT2D eigenvalue weighted by Crippen LogP contribution is -1.94. The van der Waals surface area contributed by atoms with Gasteiger partial charge in [-0.15, -0.1) is 0 Å². The second-order valence-corrected chi connectivity index (χ2v) is 6.93. The molecule has 5 aromatic rings. The van der Waals surface area contributed by atoms with Gasteiger partial charge in [0.25, 0.3) is 0 Å². The minimum absolute atomic E-state index is 0.851. The van der Waals surface area contributed by atoms with Crippen LogP contribution in [-0.2, 0) is 0 Å². The number of pyridine rings is 4. The Morgan fingerprint density at radius 3 is 1.25 bits per heavy atom. The summed E-state index contributed by atoms with van der Waals surface area (Å²) < 4.78 is 0. The van der Waals surface area contributed by atoms with Crippen molar-refractivity contribution in [1.29, 1.82) is 0 Å². The summed E-state index contributed by atoms with van der Waals surface area (Å²) in [5.41, 5.74) is 7.16. The van der Waals surface area contributed by atoms with Gasteiger partial charge in [0.05, 0.1) is 33.8 Å². The SMILES string of the molecule is Cc1cccc(-c2ccc3ccc4ccc(-c5cccc(C)n5)nc4c3n2)n1. The summed E-state index contributed by atoms with van der Waals surface area (Å²) >= 11 is 0. The van der Waals surface area contributed by atoms with Crippen molar-refractivity contribution in [2.45, 2.75) is 13.8 Å². The fraction of sp³-hybridized carbons (Fsp3) is 0.0833. The second kappa shape index (κ2) is 6.50. The highest BCUT2D eigenvalue weighted by Gasteiger charge is 2.10. The molecule has 0 spiro atoms. The van der Waals surface area contributed by atoms with Crippen molar-refractivity contribution < 1.29 is 0 Å². The highest BCUT2D eigenvalue weighted by atomic mass is 14.8. The quantitative estimate of drug-likeness (QED) is 0.388. The molecule has 0 amide bonds. The van der Waals surface area contributed by atoms with E-state index in [4.69, 9.17) is 9.97 Å². The monoisotopic (exact) mass is 362 g/mol. The Labute approximate surface area is 163 Å². The average Bonchev–Trinajstić information content (AvgIpc) is 2.73. The molecule has 4 heterocycles. The summed E-state index contributed by atoms with van der Waals surface area (Å²) in [6, 6.07) is 24.3. The lowest BCUT2D eigenvalue weighted by atomic mass is 10.1. The Hall–Kier alpha value is -3.66. The maximum absolute atomic E-state index is 4.92. The Morgan fingerprint density at radius 1 is 0.429 bits per heavy atom. The van der Waals surface area contributed by atoms with Crippen molar-refractivity contribution in [2.24, 2.45) is 0 Å². The van der Waals surface area contributed by atoms with E-state index in [1.807, 2.05) is 62.4 Å². The number of aromatic nitrogens is 4. The summed E-state index contributed by atoms with van der Waals surface area (Å²) in [5.74, 6) is 0. The zero-order chi connectivity index (χ0) is 19.1. The molecule has 1 aromatic carbocycles. The van der Waals surface area contributed by atoms with E-state index < -0.39 is 0 Å². The molecule has 0 atom stereocenters. The summed E-state index contributed by atoms with van der Waals surface area (Å²) in [7, 11) is 0. The van der Waals surface area contributed by atoms with Crippen molar-refractivity contribution in [2.75, 3.05) is 0 Å². The van der Waals surface area contributed by atoms with Crippen LogP contribution in [0.1, 0.15) is 11.4 Å². The van der Waals surface area contributed by atoms with Crippen molar-refractivity contribution in [3.63, 3.8) is 0 Å². The van der Waals surface area contributed by atoms with Crippen LogP contribution >= 0.6 is 0 Å². The number of rotatable bonds is 2. The van der Waals surface area contributed by atoms with Crippen molar-refractivity contribution >= 4 is 21.8 Å². The Kier molecular flexibility index (Phi) is 3.83. The molecule has 0 aliphatic rings. The molecule has 0 bridgehead atoms. The lowest BCUT2D eigenvalue weighted by molar-refractivity contribution is 1.18.